The lowest BCUT2D eigenvalue weighted by atomic mass is 9.98. The lowest BCUT2D eigenvalue weighted by molar-refractivity contribution is -0.119. The Bertz CT molecular complexity index is 1330. The second kappa shape index (κ2) is 9.34. The fourth-order valence-electron chi connectivity index (χ4n) is 3.33. The van der Waals surface area contributed by atoms with Crippen LogP contribution < -0.4 is 5.32 Å². The number of hydrogen-bond donors (Lipinski definition) is 1. The maximum Gasteiger partial charge on any atom is 0.339 e. The Hall–Kier alpha value is -3.48. The van der Waals surface area contributed by atoms with E-state index in [1.807, 2.05) is 55.5 Å². The van der Waals surface area contributed by atoms with Gasteiger partial charge in [0.1, 0.15) is 0 Å². The fraction of sp³-hybridized carbons (Fsp3) is 0.0833. The van der Waals surface area contributed by atoms with Crippen molar-refractivity contribution in [2.45, 2.75) is 6.92 Å². The number of nitrogens with one attached hydrogen (secondary N) is 1. The van der Waals surface area contributed by atoms with Gasteiger partial charge in [0.15, 0.2) is 12.4 Å². The van der Waals surface area contributed by atoms with Gasteiger partial charge in [0.2, 0.25) is 0 Å². The molecule has 0 aliphatic carbocycles. The van der Waals surface area contributed by atoms with Gasteiger partial charge < -0.3 is 10.1 Å². The highest BCUT2D eigenvalue weighted by Gasteiger charge is 2.21. The van der Waals surface area contributed by atoms with Crippen molar-refractivity contribution in [3.63, 3.8) is 0 Å². The molecule has 2 heterocycles. The molecule has 0 atom stereocenters. The summed E-state index contributed by atoms with van der Waals surface area (Å²) in [5, 5.41) is 3.68. The van der Waals surface area contributed by atoms with Crippen LogP contribution in [0.25, 0.3) is 22.2 Å². The molecular formula is C24H17Cl2N3O3. The molecule has 2 aromatic heterocycles. The molecule has 4 aromatic rings. The first kappa shape index (κ1) is 21.7. The topological polar surface area (TPSA) is 81.2 Å². The third-order valence-corrected chi connectivity index (χ3v) is 5.28. The SMILES string of the molecule is Cc1c(-c2ccccc2)nc2ccccc2c1C(=O)OCC(=O)Nc1ncc(Cl)cc1Cl. The number of amides is 1. The number of nitrogens with zero attached hydrogens (tertiary/aromatic N) is 2. The van der Waals surface area contributed by atoms with E-state index >= 15 is 0 Å². The maximum absolute atomic E-state index is 13.0. The molecule has 32 heavy (non-hydrogen) atoms. The largest absolute Gasteiger partial charge is 0.452 e. The highest BCUT2D eigenvalue weighted by atomic mass is 35.5. The number of ether oxygens (including phenoxy) is 1. The molecule has 0 unspecified atom stereocenters. The zero-order valence-corrected chi connectivity index (χ0v) is 18.4. The average Bonchev–Trinajstić information content (AvgIpc) is 2.79. The van der Waals surface area contributed by atoms with Crippen LogP contribution in [0.4, 0.5) is 5.82 Å². The van der Waals surface area contributed by atoms with E-state index in [1.54, 1.807) is 6.07 Å². The molecule has 0 saturated carbocycles. The number of halogens is 2. The highest BCUT2D eigenvalue weighted by molar-refractivity contribution is 6.36. The predicted molar refractivity (Wildman–Crippen MR) is 125 cm³/mol. The van der Waals surface area contributed by atoms with Crippen molar-refractivity contribution in [1.29, 1.82) is 0 Å². The van der Waals surface area contributed by atoms with E-state index in [1.165, 1.54) is 12.3 Å². The molecule has 160 valence electrons. The molecule has 2 aromatic carbocycles. The molecule has 0 aliphatic heterocycles. The van der Waals surface area contributed by atoms with E-state index in [-0.39, 0.29) is 10.8 Å². The first-order chi connectivity index (χ1) is 15.4. The third-order valence-electron chi connectivity index (χ3n) is 4.79. The van der Waals surface area contributed by atoms with Crippen molar-refractivity contribution < 1.29 is 14.3 Å². The van der Waals surface area contributed by atoms with Gasteiger partial charge in [0.25, 0.3) is 5.91 Å². The number of rotatable bonds is 5. The molecule has 0 bridgehead atoms. The van der Waals surface area contributed by atoms with Gasteiger partial charge in [-0.15, -0.1) is 0 Å². The van der Waals surface area contributed by atoms with E-state index < -0.39 is 18.5 Å². The van der Waals surface area contributed by atoms with Gasteiger partial charge in [-0.05, 0) is 24.6 Å². The van der Waals surface area contributed by atoms with Crippen LogP contribution in [0, 0.1) is 6.92 Å². The van der Waals surface area contributed by atoms with Gasteiger partial charge >= 0.3 is 5.97 Å². The number of carbonyl (C=O) groups excluding carboxylic acids is 2. The van der Waals surface area contributed by atoms with Crippen molar-refractivity contribution in [1.82, 2.24) is 9.97 Å². The lowest BCUT2D eigenvalue weighted by Gasteiger charge is -2.14. The summed E-state index contributed by atoms with van der Waals surface area (Å²) in [5.41, 5.74) is 3.25. The summed E-state index contributed by atoms with van der Waals surface area (Å²) < 4.78 is 5.33. The normalized spacial score (nSPS) is 10.7. The Labute approximate surface area is 194 Å². The van der Waals surface area contributed by atoms with Crippen molar-refractivity contribution in [2.75, 3.05) is 11.9 Å². The second-order valence-corrected chi connectivity index (χ2v) is 7.80. The molecule has 0 spiro atoms. The smallest absolute Gasteiger partial charge is 0.339 e. The zero-order chi connectivity index (χ0) is 22.7. The number of hydrogen-bond acceptors (Lipinski definition) is 5. The van der Waals surface area contributed by atoms with Crippen LogP contribution in [0.3, 0.4) is 0 Å². The number of para-hydroxylation sites is 1. The molecule has 0 saturated heterocycles. The second-order valence-electron chi connectivity index (χ2n) is 6.95. The fourth-order valence-corrected chi connectivity index (χ4v) is 3.75. The summed E-state index contributed by atoms with van der Waals surface area (Å²) in [4.78, 5) is 34.0. The van der Waals surface area contributed by atoms with Gasteiger partial charge in [0.05, 0.1) is 26.8 Å². The van der Waals surface area contributed by atoms with E-state index in [4.69, 9.17) is 32.9 Å². The maximum atomic E-state index is 13.0. The monoisotopic (exact) mass is 465 g/mol. The molecular weight excluding hydrogens is 449 g/mol. The minimum absolute atomic E-state index is 0.133. The number of carbonyl (C=O) groups is 2. The standard InChI is InChI=1S/C24H17Cl2N3O3/c1-14-21(24(31)32-13-20(30)29-23-18(26)11-16(25)12-27-23)17-9-5-6-10-19(17)28-22(14)15-7-3-2-4-8-15/h2-12H,13H2,1H3,(H,27,29,30). The van der Waals surface area contributed by atoms with Crippen LogP contribution in [-0.4, -0.2) is 28.5 Å². The number of anilines is 1. The molecule has 8 heteroatoms. The Morgan fingerprint density at radius 2 is 1.75 bits per heavy atom. The number of pyridine rings is 2. The molecule has 6 nitrogen and oxygen atoms in total. The summed E-state index contributed by atoms with van der Waals surface area (Å²) in [5.74, 6) is -1.06. The van der Waals surface area contributed by atoms with Crippen LogP contribution in [0.2, 0.25) is 10.0 Å². The first-order valence-corrected chi connectivity index (χ1v) is 10.4. The Kier molecular flexibility index (Phi) is 6.35. The Morgan fingerprint density at radius 3 is 2.50 bits per heavy atom. The minimum Gasteiger partial charge on any atom is -0.452 e. The van der Waals surface area contributed by atoms with E-state index in [2.05, 4.69) is 10.3 Å². The number of benzene rings is 2. The molecule has 0 radical (unpaired) electrons. The number of aromatic nitrogens is 2. The minimum atomic E-state index is -0.622. The average molecular weight is 466 g/mol. The van der Waals surface area contributed by atoms with Gasteiger partial charge in [0, 0.05) is 17.1 Å². The van der Waals surface area contributed by atoms with E-state index in [9.17, 15) is 9.59 Å². The lowest BCUT2D eigenvalue weighted by Crippen LogP contribution is -2.22. The van der Waals surface area contributed by atoms with E-state index in [0.717, 1.165) is 5.56 Å². The molecule has 1 amide bonds. The summed E-state index contributed by atoms with van der Waals surface area (Å²) in [6, 6.07) is 18.3. The van der Waals surface area contributed by atoms with Crippen LogP contribution in [0.5, 0.6) is 0 Å². The number of fused-ring (bicyclic) bond motifs is 1. The summed E-state index contributed by atoms with van der Waals surface area (Å²) >= 11 is 11.8. The van der Waals surface area contributed by atoms with Gasteiger partial charge in [-0.25, -0.2) is 14.8 Å². The van der Waals surface area contributed by atoms with Gasteiger partial charge in [-0.2, -0.15) is 0 Å². The summed E-state index contributed by atoms with van der Waals surface area (Å²) in [6.07, 6.45) is 1.35. The van der Waals surface area contributed by atoms with Crippen molar-refractivity contribution in [3.8, 4) is 11.3 Å². The van der Waals surface area contributed by atoms with Gasteiger partial charge in [-0.1, -0.05) is 71.7 Å². The molecule has 0 aliphatic rings. The Balaban J connectivity index is 1.60. The molecule has 1 N–H and O–H groups in total. The quantitative estimate of drug-likeness (QED) is 0.381. The predicted octanol–water partition coefficient (Wildman–Crippen LogP) is 5.71. The highest BCUT2D eigenvalue weighted by Crippen LogP contribution is 2.30. The van der Waals surface area contributed by atoms with E-state index in [0.29, 0.717) is 32.7 Å². The molecule has 4 rings (SSSR count). The first-order valence-electron chi connectivity index (χ1n) is 9.67. The third kappa shape index (κ3) is 4.56. The van der Waals surface area contributed by atoms with Crippen molar-refractivity contribution >= 4 is 51.8 Å². The van der Waals surface area contributed by atoms with Gasteiger partial charge in [-0.3, -0.25) is 4.79 Å². The Morgan fingerprint density at radius 1 is 1.03 bits per heavy atom. The zero-order valence-electron chi connectivity index (χ0n) is 16.9. The van der Waals surface area contributed by atoms with Crippen LogP contribution in [0.1, 0.15) is 15.9 Å². The van der Waals surface area contributed by atoms with Crippen molar-refractivity contribution in [3.05, 3.63) is 88.0 Å². The molecule has 0 fully saturated rings. The van der Waals surface area contributed by atoms with Crippen molar-refractivity contribution in [2.24, 2.45) is 0 Å². The van der Waals surface area contributed by atoms with Crippen LogP contribution in [-0.2, 0) is 9.53 Å². The van der Waals surface area contributed by atoms with Crippen LogP contribution >= 0.6 is 23.2 Å². The number of esters is 1. The summed E-state index contributed by atoms with van der Waals surface area (Å²) in [7, 11) is 0. The summed E-state index contributed by atoms with van der Waals surface area (Å²) in [6.45, 7) is 1.31. The van der Waals surface area contributed by atoms with Crippen LogP contribution in [0.15, 0.2) is 66.9 Å².